The number of hydrogen-bond acceptors (Lipinski definition) is 3. The molecule has 0 spiro atoms. The predicted octanol–water partition coefficient (Wildman–Crippen LogP) is 1.62. The monoisotopic (exact) mass is 212 g/mol. The largest absolute Gasteiger partial charge is 0.236 e. The zero-order chi connectivity index (χ0) is 8.32. The Bertz CT molecular complexity index is 248. The zero-order valence-corrected chi connectivity index (χ0v) is 8.31. The molecule has 0 atom stereocenters. The van der Waals surface area contributed by atoms with Crippen molar-refractivity contribution in [3.8, 4) is 0 Å². The molecule has 1 aliphatic rings. The summed E-state index contributed by atoms with van der Waals surface area (Å²) < 4.78 is 21.0. The summed E-state index contributed by atoms with van der Waals surface area (Å²) in [6.45, 7) is 0. The van der Waals surface area contributed by atoms with Crippen LogP contribution in [-0.2, 0) is 9.05 Å². The Morgan fingerprint density at radius 3 is 2.82 bits per heavy atom. The maximum atomic E-state index is 10.5. The quantitative estimate of drug-likeness (QED) is 0.515. The molecule has 1 fully saturated rings. The second-order valence-electron chi connectivity index (χ2n) is 2.37. The van der Waals surface area contributed by atoms with Gasteiger partial charge in [-0.15, -0.1) is 0 Å². The van der Waals surface area contributed by atoms with E-state index >= 15 is 0 Å². The van der Waals surface area contributed by atoms with Gasteiger partial charge in [0, 0.05) is 16.4 Å². The van der Waals surface area contributed by atoms with E-state index in [2.05, 4.69) is 0 Å². The first-order valence-corrected chi connectivity index (χ1v) is 6.89. The fourth-order valence-corrected chi connectivity index (χ4v) is 2.56. The highest BCUT2D eigenvalue weighted by Crippen LogP contribution is 2.22. The van der Waals surface area contributed by atoms with Crippen molar-refractivity contribution in [2.75, 3.05) is 17.3 Å². The number of thioether (sulfide) groups is 1. The molecule has 0 saturated carbocycles. The van der Waals surface area contributed by atoms with Gasteiger partial charge in [0.2, 0.25) is 9.05 Å². The van der Waals surface area contributed by atoms with E-state index in [-0.39, 0.29) is 5.75 Å². The van der Waals surface area contributed by atoms with Crippen molar-refractivity contribution in [1.29, 1.82) is 0 Å². The van der Waals surface area contributed by atoms with Crippen molar-refractivity contribution in [3.63, 3.8) is 0 Å². The first-order valence-electron chi connectivity index (χ1n) is 3.26. The van der Waals surface area contributed by atoms with E-state index in [0.717, 1.165) is 17.9 Å². The number of hydrogen-bond donors (Lipinski definition) is 0. The second-order valence-corrected chi connectivity index (χ2v) is 6.30. The summed E-state index contributed by atoms with van der Waals surface area (Å²) in [7, 11) is 1.71. The van der Waals surface area contributed by atoms with Gasteiger partial charge >= 0.3 is 0 Å². The van der Waals surface area contributed by atoms with E-state index in [1.165, 1.54) is 5.57 Å². The third-order valence-corrected chi connectivity index (χ3v) is 3.44. The molecule has 0 bridgehead atoms. The maximum Gasteiger partial charge on any atom is 0.236 e. The Kier molecular flexibility index (Phi) is 3.28. The van der Waals surface area contributed by atoms with Gasteiger partial charge in [-0.25, -0.2) is 8.42 Å². The summed E-state index contributed by atoms with van der Waals surface area (Å²) in [5, 5.41) is 0. The normalized spacial score (nSPS) is 22.8. The minimum atomic E-state index is -3.33. The lowest BCUT2D eigenvalue weighted by atomic mass is 10.2. The first kappa shape index (κ1) is 9.42. The van der Waals surface area contributed by atoms with Crippen molar-refractivity contribution in [3.05, 3.63) is 11.6 Å². The smallest absolute Gasteiger partial charge is 0.212 e. The summed E-state index contributed by atoms with van der Waals surface area (Å²) in [6.07, 6.45) is 2.74. The van der Waals surface area contributed by atoms with Crippen LogP contribution in [0.3, 0.4) is 0 Å². The lowest BCUT2D eigenvalue weighted by molar-refractivity contribution is 0.612. The molecule has 2 nitrogen and oxygen atoms in total. The molecule has 64 valence electrons. The van der Waals surface area contributed by atoms with Gasteiger partial charge in [-0.2, -0.15) is 11.8 Å². The van der Waals surface area contributed by atoms with E-state index in [1.807, 2.05) is 11.8 Å². The molecule has 0 aromatic rings. The van der Waals surface area contributed by atoms with Crippen molar-refractivity contribution in [1.82, 2.24) is 0 Å². The van der Waals surface area contributed by atoms with E-state index in [1.54, 1.807) is 6.08 Å². The molecule has 0 aromatic heterocycles. The standard InChI is InChI=1S/C6H9ClO2S2/c7-11(8,9)4-2-6-1-3-10-5-6/h2H,1,3-5H2/b6-2+. The molecule has 0 radical (unpaired) electrons. The molecular weight excluding hydrogens is 204 g/mol. The third-order valence-electron chi connectivity index (χ3n) is 1.43. The van der Waals surface area contributed by atoms with Crippen LogP contribution >= 0.6 is 22.4 Å². The van der Waals surface area contributed by atoms with E-state index < -0.39 is 9.05 Å². The average Bonchev–Trinajstić information content (AvgIpc) is 2.32. The maximum absolute atomic E-state index is 10.5. The average molecular weight is 213 g/mol. The van der Waals surface area contributed by atoms with Gasteiger partial charge in [0.15, 0.2) is 0 Å². The van der Waals surface area contributed by atoms with Crippen LogP contribution in [0.1, 0.15) is 6.42 Å². The molecule has 0 aliphatic carbocycles. The van der Waals surface area contributed by atoms with Crippen LogP contribution in [-0.4, -0.2) is 25.7 Å². The highest BCUT2D eigenvalue weighted by molar-refractivity contribution is 8.13. The predicted molar refractivity (Wildman–Crippen MR) is 49.7 cm³/mol. The van der Waals surface area contributed by atoms with Crippen molar-refractivity contribution in [2.24, 2.45) is 0 Å². The van der Waals surface area contributed by atoms with Crippen LogP contribution in [0, 0.1) is 0 Å². The van der Waals surface area contributed by atoms with E-state index in [4.69, 9.17) is 10.7 Å². The summed E-state index contributed by atoms with van der Waals surface area (Å²) in [5.41, 5.74) is 1.21. The highest BCUT2D eigenvalue weighted by atomic mass is 35.7. The van der Waals surface area contributed by atoms with Crippen LogP contribution in [0.25, 0.3) is 0 Å². The van der Waals surface area contributed by atoms with Crippen molar-refractivity contribution >= 4 is 31.5 Å². The summed E-state index contributed by atoms with van der Waals surface area (Å²) in [5.74, 6) is 2.05. The Morgan fingerprint density at radius 2 is 2.36 bits per heavy atom. The van der Waals surface area contributed by atoms with Gasteiger partial charge in [0.25, 0.3) is 0 Å². The SMILES string of the molecule is O=S(=O)(Cl)C/C=C1\CCSC1. The number of halogens is 1. The van der Waals surface area contributed by atoms with Crippen LogP contribution in [0.15, 0.2) is 11.6 Å². The molecule has 0 amide bonds. The molecule has 1 saturated heterocycles. The first-order chi connectivity index (χ1) is 5.08. The van der Waals surface area contributed by atoms with Gasteiger partial charge in [-0.05, 0) is 12.2 Å². The number of rotatable bonds is 2. The molecule has 0 unspecified atom stereocenters. The summed E-state index contributed by atoms with van der Waals surface area (Å²) >= 11 is 1.83. The summed E-state index contributed by atoms with van der Waals surface area (Å²) in [6, 6.07) is 0. The third kappa shape index (κ3) is 4.03. The lowest BCUT2D eigenvalue weighted by Crippen LogP contribution is -1.94. The highest BCUT2D eigenvalue weighted by Gasteiger charge is 2.08. The topological polar surface area (TPSA) is 34.1 Å². The van der Waals surface area contributed by atoms with Crippen LogP contribution in [0.4, 0.5) is 0 Å². The second kappa shape index (κ2) is 3.83. The van der Waals surface area contributed by atoms with Gasteiger partial charge in [0.05, 0.1) is 5.75 Å². The molecule has 1 heterocycles. The van der Waals surface area contributed by atoms with Crippen molar-refractivity contribution < 1.29 is 8.42 Å². The minimum absolute atomic E-state index is 0.0234. The van der Waals surface area contributed by atoms with Crippen LogP contribution < -0.4 is 0 Å². The molecule has 5 heteroatoms. The zero-order valence-electron chi connectivity index (χ0n) is 5.92. The Labute approximate surface area is 75.4 Å². The molecule has 1 aliphatic heterocycles. The Hall–Kier alpha value is 0.330. The van der Waals surface area contributed by atoms with Crippen molar-refractivity contribution in [2.45, 2.75) is 6.42 Å². The molecule has 0 aromatic carbocycles. The molecule has 1 rings (SSSR count). The minimum Gasteiger partial charge on any atom is -0.212 e. The Balaban J connectivity index is 2.47. The fourth-order valence-electron chi connectivity index (χ4n) is 0.857. The van der Waals surface area contributed by atoms with Gasteiger partial charge in [-0.1, -0.05) is 11.6 Å². The Morgan fingerprint density at radius 1 is 1.64 bits per heavy atom. The van der Waals surface area contributed by atoms with Gasteiger partial charge in [-0.3, -0.25) is 0 Å². The van der Waals surface area contributed by atoms with E-state index in [0.29, 0.717) is 0 Å². The van der Waals surface area contributed by atoms with Crippen LogP contribution in [0.5, 0.6) is 0 Å². The molecular formula is C6H9ClO2S2. The van der Waals surface area contributed by atoms with Gasteiger partial charge < -0.3 is 0 Å². The molecule has 0 N–H and O–H groups in total. The lowest BCUT2D eigenvalue weighted by Gasteiger charge is -1.91. The van der Waals surface area contributed by atoms with Crippen LogP contribution in [0.2, 0.25) is 0 Å². The van der Waals surface area contributed by atoms with Gasteiger partial charge in [0.1, 0.15) is 0 Å². The molecule has 11 heavy (non-hydrogen) atoms. The van der Waals surface area contributed by atoms with E-state index in [9.17, 15) is 8.42 Å². The fraction of sp³-hybridized carbons (Fsp3) is 0.667. The summed E-state index contributed by atoms with van der Waals surface area (Å²) in [4.78, 5) is 0.